The quantitative estimate of drug-likeness (QED) is 0.276. The van der Waals surface area contributed by atoms with Crippen molar-refractivity contribution in [1.82, 2.24) is 34.7 Å². The van der Waals surface area contributed by atoms with Crippen LogP contribution < -0.4 is 4.74 Å². The third kappa shape index (κ3) is 4.33. The maximum absolute atomic E-state index is 13.4. The molecule has 39 heavy (non-hydrogen) atoms. The number of fused-ring (bicyclic) bond motifs is 2. The number of ketones is 1. The van der Waals surface area contributed by atoms with E-state index in [1.807, 2.05) is 24.3 Å². The topological polar surface area (TPSA) is 134 Å². The highest BCUT2D eigenvalue weighted by molar-refractivity contribution is 6.45. The number of carbonyl (C=O) groups is 3. The normalized spacial score (nSPS) is 13.6. The summed E-state index contributed by atoms with van der Waals surface area (Å²) in [4.78, 5) is 63.3. The first-order valence-corrected chi connectivity index (χ1v) is 12.4. The Morgan fingerprint density at radius 3 is 2.36 bits per heavy atom. The summed E-state index contributed by atoms with van der Waals surface area (Å²) in [6.07, 6.45) is 6.18. The second-order valence-corrected chi connectivity index (χ2v) is 9.00. The Kier molecular flexibility index (Phi) is 6.16. The third-order valence-corrected chi connectivity index (χ3v) is 6.76. The highest BCUT2D eigenvalue weighted by Crippen LogP contribution is 2.34. The summed E-state index contributed by atoms with van der Waals surface area (Å²) in [6.45, 7) is 1.09. The highest BCUT2D eigenvalue weighted by atomic mass is 16.5. The van der Waals surface area contributed by atoms with Crippen LogP contribution in [0.1, 0.15) is 20.8 Å². The number of ether oxygens (including phenoxy) is 1. The Labute approximate surface area is 222 Å². The number of amides is 2. The fourth-order valence-electron chi connectivity index (χ4n) is 4.74. The molecule has 1 saturated heterocycles. The largest absolute Gasteiger partial charge is 0.494 e. The van der Waals surface area contributed by atoms with E-state index in [1.165, 1.54) is 24.4 Å². The zero-order valence-corrected chi connectivity index (χ0v) is 21.0. The van der Waals surface area contributed by atoms with Gasteiger partial charge in [0.2, 0.25) is 0 Å². The monoisotopic (exact) mass is 521 g/mol. The molecule has 6 rings (SSSR count). The predicted molar refractivity (Wildman–Crippen MR) is 142 cm³/mol. The number of carbonyl (C=O) groups excluding carboxylic acids is 3. The molecular formula is C28H23N7O4. The minimum atomic E-state index is -0.675. The fraction of sp³-hybridized carbons (Fsp3) is 0.179. The zero-order chi connectivity index (χ0) is 26.9. The van der Waals surface area contributed by atoms with Gasteiger partial charge in [-0.15, -0.1) is 0 Å². The molecule has 1 aliphatic heterocycles. The van der Waals surface area contributed by atoms with Gasteiger partial charge in [0.25, 0.3) is 17.6 Å². The number of para-hydroxylation sites is 2. The number of Topliss-reactive ketones (excluding diaryl/α,β-unsaturated/α-hetero) is 1. The van der Waals surface area contributed by atoms with Crippen LogP contribution in [-0.4, -0.2) is 85.6 Å². The first-order valence-electron chi connectivity index (χ1n) is 12.4. The minimum Gasteiger partial charge on any atom is -0.494 e. The molecule has 5 heterocycles. The summed E-state index contributed by atoms with van der Waals surface area (Å²) < 4.78 is 5.50. The van der Waals surface area contributed by atoms with Gasteiger partial charge >= 0.3 is 0 Å². The molecule has 11 heteroatoms. The summed E-state index contributed by atoms with van der Waals surface area (Å²) in [5, 5.41) is 0.444. The molecule has 0 atom stereocenters. The van der Waals surface area contributed by atoms with Gasteiger partial charge < -0.3 is 19.5 Å². The number of piperazine rings is 1. The lowest BCUT2D eigenvalue weighted by molar-refractivity contribution is -0.127. The van der Waals surface area contributed by atoms with E-state index in [9.17, 15) is 14.4 Å². The molecule has 1 fully saturated rings. The molecule has 194 valence electrons. The van der Waals surface area contributed by atoms with Crippen LogP contribution in [-0.2, 0) is 4.79 Å². The number of hydrogen-bond acceptors (Lipinski definition) is 8. The van der Waals surface area contributed by atoms with E-state index in [0.29, 0.717) is 52.3 Å². The summed E-state index contributed by atoms with van der Waals surface area (Å²) in [7, 11) is 1.48. The van der Waals surface area contributed by atoms with E-state index in [0.717, 1.165) is 5.52 Å². The number of benzene rings is 1. The number of aromatic amines is 1. The average Bonchev–Trinajstić information content (AvgIpc) is 3.45. The molecule has 4 aromatic heterocycles. The number of rotatable bonds is 5. The molecule has 0 unspecified atom stereocenters. The number of hydrogen-bond donors (Lipinski definition) is 1. The van der Waals surface area contributed by atoms with Gasteiger partial charge in [-0.25, -0.2) is 9.97 Å². The van der Waals surface area contributed by atoms with Crippen LogP contribution in [0.3, 0.4) is 0 Å². The maximum Gasteiger partial charge on any atom is 0.295 e. The molecule has 0 spiro atoms. The SMILES string of the molecule is COc1cnc(-c2cnc3ccccc3n2)c2[nH]cc(C(=O)C(=O)N3CCN(C(=O)c4ccccn4)CC3)c12. The number of methoxy groups -OCH3 is 1. The van der Waals surface area contributed by atoms with Crippen LogP contribution in [0.4, 0.5) is 0 Å². The van der Waals surface area contributed by atoms with Gasteiger partial charge in [0.1, 0.15) is 22.8 Å². The zero-order valence-electron chi connectivity index (χ0n) is 21.0. The fourth-order valence-corrected chi connectivity index (χ4v) is 4.74. The predicted octanol–water partition coefficient (Wildman–Crippen LogP) is 2.74. The molecule has 5 aromatic rings. The first kappa shape index (κ1) is 24.2. The lowest BCUT2D eigenvalue weighted by Crippen LogP contribution is -2.52. The van der Waals surface area contributed by atoms with Crippen LogP contribution >= 0.6 is 0 Å². The van der Waals surface area contributed by atoms with Gasteiger partial charge in [-0.2, -0.15) is 0 Å². The van der Waals surface area contributed by atoms with Crippen molar-refractivity contribution >= 4 is 39.5 Å². The summed E-state index contributed by atoms with van der Waals surface area (Å²) in [5.74, 6) is -1.17. The molecule has 0 aliphatic carbocycles. The van der Waals surface area contributed by atoms with Crippen molar-refractivity contribution in [3.05, 3.63) is 78.5 Å². The van der Waals surface area contributed by atoms with Gasteiger partial charge in [-0.1, -0.05) is 18.2 Å². The second kappa shape index (κ2) is 9.93. The van der Waals surface area contributed by atoms with Crippen molar-refractivity contribution in [3.8, 4) is 17.1 Å². The van der Waals surface area contributed by atoms with E-state index in [2.05, 4.69) is 24.9 Å². The van der Waals surface area contributed by atoms with Gasteiger partial charge in [0.15, 0.2) is 0 Å². The lowest BCUT2D eigenvalue weighted by Gasteiger charge is -2.34. The van der Waals surface area contributed by atoms with Crippen molar-refractivity contribution in [2.75, 3.05) is 33.3 Å². The Balaban J connectivity index is 1.26. The Morgan fingerprint density at radius 2 is 1.62 bits per heavy atom. The molecular weight excluding hydrogens is 498 g/mol. The van der Waals surface area contributed by atoms with Crippen LogP contribution in [0.5, 0.6) is 5.75 Å². The van der Waals surface area contributed by atoms with Gasteiger partial charge in [0, 0.05) is 38.6 Å². The van der Waals surface area contributed by atoms with Crippen LogP contribution in [0.25, 0.3) is 33.3 Å². The van der Waals surface area contributed by atoms with Crippen molar-refractivity contribution in [3.63, 3.8) is 0 Å². The third-order valence-electron chi connectivity index (χ3n) is 6.76. The Bertz CT molecular complexity index is 1730. The summed E-state index contributed by atoms with van der Waals surface area (Å²) in [6, 6.07) is 12.6. The Morgan fingerprint density at radius 1 is 0.872 bits per heavy atom. The molecule has 1 N–H and O–H groups in total. The number of nitrogens with one attached hydrogen (secondary N) is 1. The van der Waals surface area contributed by atoms with E-state index >= 15 is 0 Å². The van der Waals surface area contributed by atoms with Crippen LogP contribution in [0.15, 0.2) is 67.3 Å². The second-order valence-electron chi connectivity index (χ2n) is 9.00. The lowest BCUT2D eigenvalue weighted by atomic mass is 10.1. The van der Waals surface area contributed by atoms with Crippen LogP contribution in [0, 0.1) is 0 Å². The molecule has 0 saturated carbocycles. The highest BCUT2D eigenvalue weighted by Gasteiger charge is 2.31. The standard InChI is InChI=1S/C28H23N7O4/c1-39-22-16-32-24(21-15-30-18-6-2-3-7-19(18)33-21)25-23(22)17(14-31-25)26(36)28(38)35-12-10-34(11-13-35)27(37)20-8-4-5-9-29-20/h2-9,14-16,31H,10-13H2,1H3. The molecule has 1 aliphatic rings. The average molecular weight is 522 g/mol. The maximum atomic E-state index is 13.4. The summed E-state index contributed by atoms with van der Waals surface area (Å²) >= 11 is 0. The van der Waals surface area contributed by atoms with Gasteiger partial charge in [-0.3, -0.25) is 24.4 Å². The minimum absolute atomic E-state index is 0.177. The van der Waals surface area contributed by atoms with Crippen molar-refractivity contribution in [1.29, 1.82) is 0 Å². The van der Waals surface area contributed by atoms with Crippen LogP contribution in [0.2, 0.25) is 0 Å². The number of pyridine rings is 2. The molecule has 11 nitrogen and oxygen atoms in total. The number of H-pyrrole nitrogens is 1. The number of aromatic nitrogens is 5. The molecule has 0 bridgehead atoms. The smallest absolute Gasteiger partial charge is 0.295 e. The van der Waals surface area contributed by atoms with Gasteiger partial charge in [-0.05, 0) is 24.3 Å². The van der Waals surface area contributed by atoms with E-state index < -0.39 is 11.7 Å². The van der Waals surface area contributed by atoms with E-state index in [1.54, 1.807) is 35.5 Å². The molecule has 2 amide bonds. The number of nitrogens with zero attached hydrogens (tertiary/aromatic N) is 6. The van der Waals surface area contributed by atoms with E-state index in [4.69, 9.17) is 4.74 Å². The van der Waals surface area contributed by atoms with Gasteiger partial charge in [0.05, 0.1) is 47.0 Å². The van der Waals surface area contributed by atoms with Crippen molar-refractivity contribution in [2.45, 2.75) is 0 Å². The molecule has 0 radical (unpaired) electrons. The first-order chi connectivity index (χ1) is 19.0. The van der Waals surface area contributed by atoms with E-state index in [-0.39, 0.29) is 24.6 Å². The Hall–Kier alpha value is -5.19. The summed E-state index contributed by atoms with van der Waals surface area (Å²) in [5.41, 5.74) is 3.50. The van der Waals surface area contributed by atoms with Crippen molar-refractivity contribution < 1.29 is 19.1 Å². The molecule has 1 aromatic carbocycles. The van der Waals surface area contributed by atoms with Crippen molar-refractivity contribution in [2.24, 2.45) is 0 Å².